The summed E-state index contributed by atoms with van der Waals surface area (Å²) in [6.45, 7) is 8.92. The summed E-state index contributed by atoms with van der Waals surface area (Å²) in [5.74, 6) is 0. The lowest BCUT2D eigenvalue weighted by Crippen LogP contribution is -2.43. The van der Waals surface area contributed by atoms with E-state index in [0.29, 0.717) is 0 Å². The van der Waals surface area contributed by atoms with Crippen LogP contribution in [0.15, 0.2) is 28.7 Å². The van der Waals surface area contributed by atoms with Gasteiger partial charge in [-0.3, -0.25) is 0 Å². The number of hydrogen-bond donors (Lipinski definition) is 3. The first-order chi connectivity index (χ1) is 9.38. The largest absolute Gasteiger partial charge is 0.368 e. The maximum atomic E-state index is 3.57. The molecule has 2 aliphatic rings. The maximum Gasteiger partial charge on any atom is 0.0511 e. The van der Waals surface area contributed by atoms with E-state index in [4.69, 9.17) is 0 Å². The predicted molar refractivity (Wildman–Crippen MR) is 85.0 cm³/mol. The van der Waals surface area contributed by atoms with Crippen LogP contribution in [-0.4, -0.2) is 52.4 Å². The summed E-state index contributed by atoms with van der Waals surface area (Å²) in [6.07, 6.45) is 0. The van der Waals surface area contributed by atoms with Gasteiger partial charge in [0, 0.05) is 56.8 Å². The SMILES string of the molecule is Brc1ccccc1N1CCNCC1.C1CNCCN1. The van der Waals surface area contributed by atoms with Crippen LogP contribution in [0.2, 0.25) is 0 Å². The second kappa shape index (κ2) is 8.53. The first-order valence-electron chi connectivity index (χ1n) is 6.99. The fraction of sp³-hybridized carbons (Fsp3) is 0.571. The van der Waals surface area contributed by atoms with E-state index in [1.807, 2.05) is 0 Å². The summed E-state index contributed by atoms with van der Waals surface area (Å²) in [5.41, 5.74) is 1.31. The Morgan fingerprint density at radius 3 is 1.84 bits per heavy atom. The van der Waals surface area contributed by atoms with Crippen molar-refractivity contribution in [1.82, 2.24) is 16.0 Å². The lowest BCUT2D eigenvalue weighted by atomic mass is 10.2. The van der Waals surface area contributed by atoms with E-state index < -0.39 is 0 Å². The summed E-state index contributed by atoms with van der Waals surface area (Å²) in [6, 6.07) is 8.39. The van der Waals surface area contributed by atoms with Gasteiger partial charge in [0.25, 0.3) is 0 Å². The van der Waals surface area contributed by atoms with Crippen LogP contribution in [0.5, 0.6) is 0 Å². The van der Waals surface area contributed by atoms with Gasteiger partial charge < -0.3 is 20.9 Å². The van der Waals surface area contributed by atoms with E-state index in [9.17, 15) is 0 Å². The molecule has 0 spiro atoms. The van der Waals surface area contributed by atoms with Crippen LogP contribution in [0.4, 0.5) is 5.69 Å². The number of nitrogens with one attached hydrogen (secondary N) is 3. The lowest BCUT2D eigenvalue weighted by Gasteiger charge is -2.30. The molecule has 2 heterocycles. The van der Waals surface area contributed by atoms with E-state index in [2.05, 4.69) is 61.0 Å². The summed E-state index contributed by atoms with van der Waals surface area (Å²) in [7, 11) is 0. The zero-order valence-electron chi connectivity index (χ0n) is 11.3. The van der Waals surface area contributed by atoms with Crippen molar-refractivity contribution in [3.05, 3.63) is 28.7 Å². The van der Waals surface area contributed by atoms with Crippen molar-refractivity contribution in [1.29, 1.82) is 0 Å². The number of rotatable bonds is 1. The molecule has 2 aliphatic heterocycles. The summed E-state index contributed by atoms with van der Waals surface area (Å²) in [5, 5.41) is 9.79. The Bertz CT molecular complexity index is 351. The van der Waals surface area contributed by atoms with Crippen LogP contribution < -0.4 is 20.9 Å². The van der Waals surface area contributed by atoms with Gasteiger partial charge in [0.1, 0.15) is 0 Å². The Kier molecular flexibility index (Phi) is 6.64. The van der Waals surface area contributed by atoms with Crippen LogP contribution in [0.25, 0.3) is 0 Å². The van der Waals surface area contributed by atoms with E-state index in [1.54, 1.807) is 0 Å². The number of hydrogen-bond acceptors (Lipinski definition) is 4. The highest BCUT2D eigenvalue weighted by atomic mass is 79.9. The second-order valence-electron chi connectivity index (χ2n) is 4.69. The molecule has 0 bridgehead atoms. The Labute approximate surface area is 124 Å². The highest BCUT2D eigenvalue weighted by Gasteiger charge is 2.11. The number of benzene rings is 1. The minimum Gasteiger partial charge on any atom is -0.368 e. The smallest absolute Gasteiger partial charge is 0.0511 e. The van der Waals surface area contributed by atoms with Crippen molar-refractivity contribution in [3.8, 4) is 0 Å². The zero-order chi connectivity index (χ0) is 13.3. The van der Waals surface area contributed by atoms with Crippen molar-refractivity contribution in [2.45, 2.75) is 0 Å². The first-order valence-corrected chi connectivity index (χ1v) is 7.79. The Hall–Kier alpha value is -0.620. The standard InChI is InChI=1S/C10H13BrN2.C4H10N2/c11-9-3-1-2-4-10(9)13-7-5-12-6-8-13;1-2-6-4-3-5-1/h1-4,12H,5-8H2;5-6H,1-4H2. The van der Waals surface area contributed by atoms with E-state index in [1.165, 1.54) is 10.2 Å². The average molecular weight is 327 g/mol. The molecule has 1 aromatic carbocycles. The molecule has 3 rings (SSSR count). The Morgan fingerprint density at radius 1 is 0.789 bits per heavy atom. The fourth-order valence-electron chi connectivity index (χ4n) is 2.22. The molecule has 0 amide bonds. The molecule has 2 fully saturated rings. The third-order valence-corrected chi connectivity index (χ3v) is 3.94. The summed E-state index contributed by atoms with van der Waals surface area (Å²) in [4.78, 5) is 2.40. The summed E-state index contributed by atoms with van der Waals surface area (Å²) >= 11 is 3.57. The van der Waals surface area contributed by atoms with Gasteiger partial charge in [-0.25, -0.2) is 0 Å². The van der Waals surface area contributed by atoms with E-state index in [0.717, 1.165) is 52.4 Å². The van der Waals surface area contributed by atoms with Gasteiger partial charge >= 0.3 is 0 Å². The topological polar surface area (TPSA) is 39.3 Å². The van der Waals surface area contributed by atoms with E-state index >= 15 is 0 Å². The van der Waals surface area contributed by atoms with Crippen LogP contribution in [0.1, 0.15) is 0 Å². The molecular formula is C14H23BrN4. The van der Waals surface area contributed by atoms with Gasteiger partial charge in [-0.2, -0.15) is 0 Å². The maximum absolute atomic E-state index is 3.57. The molecule has 1 aromatic rings. The first kappa shape index (κ1) is 14.8. The molecule has 2 saturated heterocycles. The Balaban J connectivity index is 0.000000186. The van der Waals surface area contributed by atoms with E-state index in [-0.39, 0.29) is 0 Å². The number of anilines is 1. The van der Waals surface area contributed by atoms with Gasteiger partial charge in [0.2, 0.25) is 0 Å². The molecule has 0 aromatic heterocycles. The molecule has 5 heteroatoms. The van der Waals surface area contributed by atoms with Crippen molar-refractivity contribution in [2.75, 3.05) is 57.3 Å². The van der Waals surface area contributed by atoms with Crippen LogP contribution >= 0.6 is 15.9 Å². The lowest BCUT2D eigenvalue weighted by molar-refractivity contribution is 0.534. The minimum absolute atomic E-state index is 1.08. The van der Waals surface area contributed by atoms with Gasteiger partial charge in [0.15, 0.2) is 0 Å². The number of piperazine rings is 2. The molecule has 0 saturated carbocycles. The second-order valence-corrected chi connectivity index (χ2v) is 5.54. The Morgan fingerprint density at radius 2 is 1.32 bits per heavy atom. The highest BCUT2D eigenvalue weighted by Crippen LogP contribution is 2.25. The molecule has 19 heavy (non-hydrogen) atoms. The fourth-order valence-corrected chi connectivity index (χ4v) is 2.75. The van der Waals surface area contributed by atoms with Crippen LogP contribution in [-0.2, 0) is 0 Å². The molecule has 0 radical (unpaired) electrons. The molecule has 0 aliphatic carbocycles. The average Bonchev–Trinajstić information content (AvgIpc) is 2.51. The predicted octanol–water partition coefficient (Wildman–Crippen LogP) is 1.04. The molecule has 106 valence electrons. The van der Waals surface area contributed by atoms with Crippen LogP contribution in [0, 0.1) is 0 Å². The molecule has 4 nitrogen and oxygen atoms in total. The number of nitrogens with zero attached hydrogens (tertiary/aromatic N) is 1. The highest BCUT2D eigenvalue weighted by molar-refractivity contribution is 9.10. The monoisotopic (exact) mass is 326 g/mol. The summed E-state index contributed by atoms with van der Waals surface area (Å²) < 4.78 is 1.19. The van der Waals surface area contributed by atoms with Crippen molar-refractivity contribution in [2.24, 2.45) is 0 Å². The van der Waals surface area contributed by atoms with Gasteiger partial charge in [-0.1, -0.05) is 12.1 Å². The van der Waals surface area contributed by atoms with Gasteiger partial charge in [0.05, 0.1) is 5.69 Å². The number of para-hydroxylation sites is 1. The van der Waals surface area contributed by atoms with Crippen molar-refractivity contribution in [3.63, 3.8) is 0 Å². The molecular weight excluding hydrogens is 304 g/mol. The molecule has 0 unspecified atom stereocenters. The molecule has 0 atom stereocenters. The van der Waals surface area contributed by atoms with Gasteiger partial charge in [-0.15, -0.1) is 0 Å². The zero-order valence-corrected chi connectivity index (χ0v) is 12.9. The third kappa shape index (κ3) is 5.10. The van der Waals surface area contributed by atoms with Gasteiger partial charge in [-0.05, 0) is 28.1 Å². The number of halogens is 1. The van der Waals surface area contributed by atoms with Crippen LogP contribution in [0.3, 0.4) is 0 Å². The molecule has 3 N–H and O–H groups in total. The minimum atomic E-state index is 1.08. The van der Waals surface area contributed by atoms with Crippen molar-refractivity contribution < 1.29 is 0 Å². The third-order valence-electron chi connectivity index (χ3n) is 3.27. The quantitative estimate of drug-likeness (QED) is 0.721. The normalized spacial score (nSPS) is 19.5. The van der Waals surface area contributed by atoms with Crippen molar-refractivity contribution >= 4 is 21.6 Å².